The summed E-state index contributed by atoms with van der Waals surface area (Å²) in [6, 6.07) is 15.7. The maximum Gasteiger partial charge on any atom is 0.190 e. The molecule has 3 rings (SSSR count). The molecule has 0 aliphatic carbocycles. The maximum absolute atomic E-state index is 5.67. The number of nitrogens with zero attached hydrogens (tertiary/aromatic N) is 4. The number of aromatic nitrogens is 3. The Hall–Kier alpha value is -3.09. The Labute approximate surface area is 153 Å². The van der Waals surface area contributed by atoms with Crippen LogP contribution >= 0.6 is 0 Å². The van der Waals surface area contributed by atoms with E-state index in [1.165, 1.54) is 0 Å². The van der Waals surface area contributed by atoms with Crippen molar-refractivity contribution in [2.24, 2.45) is 4.99 Å². The molecule has 0 radical (unpaired) electrons. The third kappa shape index (κ3) is 4.95. The number of ether oxygens (including phenoxy) is 1. The van der Waals surface area contributed by atoms with Crippen molar-refractivity contribution in [3.8, 4) is 5.75 Å². The van der Waals surface area contributed by atoms with Crippen molar-refractivity contribution in [1.29, 1.82) is 0 Å². The predicted molar refractivity (Wildman–Crippen MR) is 103 cm³/mol. The smallest absolute Gasteiger partial charge is 0.190 e. The highest BCUT2D eigenvalue weighted by Crippen LogP contribution is 2.08. The van der Waals surface area contributed by atoms with E-state index in [1.54, 1.807) is 7.05 Å². The Bertz CT molecular complexity index is 830. The Balaban J connectivity index is 1.34. The third-order valence-corrected chi connectivity index (χ3v) is 3.87. The standard InChI is InChI=1S/C19H24N6O/c1-20-19(21-12-7-15-26-16-8-3-2-4-9-16)22-13-11-18-24-23-17-10-5-6-14-25(17)18/h2-6,8-10,14H,7,11-13,15H2,1H3,(H2,20,21,22). The zero-order chi connectivity index (χ0) is 18.0. The highest BCUT2D eigenvalue weighted by Gasteiger charge is 2.04. The lowest BCUT2D eigenvalue weighted by atomic mass is 10.3. The average Bonchev–Trinajstić information content (AvgIpc) is 3.10. The van der Waals surface area contributed by atoms with Gasteiger partial charge in [-0.05, 0) is 30.7 Å². The molecule has 0 atom stereocenters. The van der Waals surface area contributed by atoms with E-state index in [1.807, 2.05) is 59.1 Å². The Morgan fingerprint density at radius 3 is 2.69 bits per heavy atom. The van der Waals surface area contributed by atoms with Crippen LogP contribution in [0.1, 0.15) is 12.2 Å². The average molecular weight is 352 g/mol. The first-order valence-corrected chi connectivity index (χ1v) is 8.78. The first-order chi connectivity index (χ1) is 12.9. The lowest BCUT2D eigenvalue weighted by Gasteiger charge is -2.12. The molecule has 3 aromatic rings. The number of pyridine rings is 1. The normalized spacial score (nSPS) is 11.5. The van der Waals surface area contributed by atoms with Crippen LogP contribution in [0.2, 0.25) is 0 Å². The summed E-state index contributed by atoms with van der Waals surface area (Å²) >= 11 is 0. The summed E-state index contributed by atoms with van der Waals surface area (Å²) in [4.78, 5) is 4.24. The molecule has 26 heavy (non-hydrogen) atoms. The first kappa shape index (κ1) is 17.7. The Morgan fingerprint density at radius 1 is 1.04 bits per heavy atom. The zero-order valence-electron chi connectivity index (χ0n) is 14.9. The maximum atomic E-state index is 5.67. The lowest BCUT2D eigenvalue weighted by Crippen LogP contribution is -2.39. The summed E-state index contributed by atoms with van der Waals surface area (Å²) in [6.07, 6.45) is 3.64. The van der Waals surface area contributed by atoms with Gasteiger partial charge in [0.2, 0.25) is 0 Å². The van der Waals surface area contributed by atoms with Crippen LogP contribution in [0.4, 0.5) is 0 Å². The number of fused-ring (bicyclic) bond motifs is 1. The van der Waals surface area contributed by atoms with Gasteiger partial charge in [0.25, 0.3) is 0 Å². The number of aliphatic imine (C=N–C) groups is 1. The largest absolute Gasteiger partial charge is 0.494 e. The van der Waals surface area contributed by atoms with Gasteiger partial charge in [0, 0.05) is 32.8 Å². The molecule has 2 N–H and O–H groups in total. The molecule has 1 aromatic carbocycles. The van der Waals surface area contributed by atoms with Crippen LogP contribution in [0.3, 0.4) is 0 Å². The van der Waals surface area contributed by atoms with E-state index < -0.39 is 0 Å². The second kappa shape index (κ2) is 9.41. The molecule has 0 bridgehead atoms. The van der Waals surface area contributed by atoms with E-state index in [0.717, 1.165) is 49.1 Å². The van der Waals surface area contributed by atoms with Gasteiger partial charge in [0.05, 0.1) is 6.61 Å². The Kier molecular flexibility index (Phi) is 6.41. The predicted octanol–water partition coefficient (Wildman–Crippen LogP) is 1.91. The molecule has 0 fully saturated rings. The molecule has 0 saturated heterocycles. The zero-order valence-corrected chi connectivity index (χ0v) is 14.9. The SMILES string of the molecule is CN=C(NCCCOc1ccccc1)NCCc1nnc2ccccn12. The molecular weight excluding hydrogens is 328 g/mol. The van der Waals surface area contributed by atoms with Gasteiger partial charge in [-0.2, -0.15) is 0 Å². The van der Waals surface area contributed by atoms with Crippen LogP contribution in [-0.2, 0) is 6.42 Å². The number of hydrogen-bond donors (Lipinski definition) is 2. The number of rotatable bonds is 8. The van der Waals surface area contributed by atoms with Gasteiger partial charge in [0.15, 0.2) is 11.6 Å². The van der Waals surface area contributed by atoms with E-state index in [2.05, 4.69) is 25.8 Å². The molecule has 2 aromatic heterocycles. The number of para-hydroxylation sites is 1. The number of guanidine groups is 1. The third-order valence-electron chi connectivity index (χ3n) is 3.87. The van der Waals surface area contributed by atoms with Crippen LogP contribution in [0.25, 0.3) is 5.65 Å². The second-order valence-electron chi connectivity index (χ2n) is 5.74. The molecule has 0 aliphatic rings. The van der Waals surface area contributed by atoms with Gasteiger partial charge in [-0.15, -0.1) is 10.2 Å². The van der Waals surface area contributed by atoms with Crippen molar-refractivity contribution in [2.45, 2.75) is 12.8 Å². The van der Waals surface area contributed by atoms with Crippen molar-refractivity contribution in [1.82, 2.24) is 25.2 Å². The summed E-state index contributed by atoms with van der Waals surface area (Å²) in [5.41, 5.74) is 0.864. The summed E-state index contributed by atoms with van der Waals surface area (Å²) in [5.74, 6) is 2.61. The van der Waals surface area contributed by atoms with Crippen LogP contribution < -0.4 is 15.4 Å². The van der Waals surface area contributed by atoms with Gasteiger partial charge >= 0.3 is 0 Å². The first-order valence-electron chi connectivity index (χ1n) is 8.78. The molecule has 7 heteroatoms. The van der Waals surface area contributed by atoms with E-state index in [-0.39, 0.29) is 0 Å². The van der Waals surface area contributed by atoms with Crippen molar-refractivity contribution in [3.05, 3.63) is 60.6 Å². The minimum atomic E-state index is 0.666. The molecule has 136 valence electrons. The fourth-order valence-corrected chi connectivity index (χ4v) is 2.56. The van der Waals surface area contributed by atoms with Gasteiger partial charge in [-0.25, -0.2) is 0 Å². The molecule has 0 aliphatic heterocycles. The molecular formula is C19H24N6O. The molecule has 0 saturated carbocycles. The monoisotopic (exact) mass is 352 g/mol. The Morgan fingerprint density at radius 2 is 1.85 bits per heavy atom. The number of nitrogens with one attached hydrogen (secondary N) is 2. The van der Waals surface area contributed by atoms with Gasteiger partial charge < -0.3 is 15.4 Å². The van der Waals surface area contributed by atoms with Crippen molar-refractivity contribution in [2.75, 3.05) is 26.7 Å². The number of benzene rings is 1. The second-order valence-corrected chi connectivity index (χ2v) is 5.74. The quantitative estimate of drug-likeness (QED) is 0.368. The van der Waals surface area contributed by atoms with Crippen LogP contribution in [0.5, 0.6) is 5.75 Å². The summed E-state index contributed by atoms with van der Waals surface area (Å²) < 4.78 is 7.67. The van der Waals surface area contributed by atoms with Crippen LogP contribution in [0, 0.1) is 0 Å². The molecule has 0 spiro atoms. The van der Waals surface area contributed by atoms with Crippen molar-refractivity contribution in [3.63, 3.8) is 0 Å². The van der Waals surface area contributed by atoms with E-state index in [0.29, 0.717) is 6.61 Å². The minimum absolute atomic E-state index is 0.666. The van der Waals surface area contributed by atoms with Crippen LogP contribution in [-0.4, -0.2) is 47.3 Å². The van der Waals surface area contributed by atoms with E-state index in [4.69, 9.17) is 4.74 Å². The highest BCUT2D eigenvalue weighted by atomic mass is 16.5. The summed E-state index contributed by atoms with van der Waals surface area (Å²) in [5, 5.41) is 15.0. The molecule has 2 heterocycles. The minimum Gasteiger partial charge on any atom is -0.494 e. The summed E-state index contributed by atoms with van der Waals surface area (Å²) in [7, 11) is 1.77. The van der Waals surface area contributed by atoms with Crippen molar-refractivity contribution >= 4 is 11.6 Å². The number of hydrogen-bond acceptors (Lipinski definition) is 4. The summed E-state index contributed by atoms with van der Waals surface area (Å²) in [6.45, 7) is 2.19. The lowest BCUT2D eigenvalue weighted by molar-refractivity contribution is 0.311. The fourth-order valence-electron chi connectivity index (χ4n) is 2.56. The van der Waals surface area contributed by atoms with Crippen LogP contribution in [0.15, 0.2) is 59.7 Å². The molecule has 0 unspecified atom stereocenters. The molecule has 7 nitrogen and oxygen atoms in total. The fraction of sp³-hybridized carbons (Fsp3) is 0.316. The highest BCUT2D eigenvalue weighted by molar-refractivity contribution is 5.79. The topological polar surface area (TPSA) is 75.8 Å². The van der Waals surface area contributed by atoms with Gasteiger partial charge in [-0.1, -0.05) is 24.3 Å². The van der Waals surface area contributed by atoms with Crippen molar-refractivity contribution < 1.29 is 4.74 Å². The molecule has 0 amide bonds. The van der Waals surface area contributed by atoms with Gasteiger partial charge in [-0.3, -0.25) is 9.39 Å². The van der Waals surface area contributed by atoms with Gasteiger partial charge in [0.1, 0.15) is 11.6 Å². The van der Waals surface area contributed by atoms with E-state index >= 15 is 0 Å². The van der Waals surface area contributed by atoms with E-state index in [9.17, 15) is 0 Å².